The lowest BCUT2D eigenvalue weighted by molar-refractivity contribution is -0.120. The van der Waals surface area contributed by atoms with E-state index in [1.54, 1.807) is 19.1 Å². The van der Waals surface area contributed by atoms with Gasteiger partial charge in [0.05, 0.1) is 38.6 Å². The highest BCUT2D eigenvalue weighted by Crippen LogP contribution is 2.38. The number of carbonyl (C=O) groups is 2. The second kappa shape index (κ2) is 12.5. The number of phenols is 1. The molecular formula is C22H26BrN3O7. The van der Waals surface area contributed by atoms with E-state index >= 15 is 0 Å². The highest BCUT2D eigenvalue weighted by molar-refractivity contribution is 9.10. The summed E-state index contributed by atoms with van der Waals surface area (Å²) in [6.07, 6.45) is 1.43. The minimum absolute atomic E-state index is 0.0109. The number of carbonyl (C=O) groups excluding carboxylic acids is 2. The predicted molar refractivity (Wildman–Crippen MR) is 126 cm³/mol. The Bertz CT molecular complexity index is 1000. The highest BCUT2D eigenvalue weighted by atomic mass is 79.9. The summed E-state index contributed by atoms with van der Waals surface area (Å²) in [5.41, 5.74) is 3.29. The highest BCUT2D eigenvalue weighted by Gasteiger charge is 2.17. The molecule has 33 heavy (non-hydrogen) atoms. The SMILES string of the molecule is CCOc1cc(/C=N/NC(=O)CCNC(=O)c2cc(OC)c(OC)c(OC)c2)cc(Br)c1O. The zero-order valence-corrected chi connectivity index (χ0v) is 20.3. The number of rotatable bonds is 11. The van der Waals surface area contributed by atoms with Crippen LogP contribution in [0.25, 0.3) is 0 Å². The second-order valence-electron chi connectivity index (χ2n) is 6.50. The zero-order chi connectivity index (χ0) is 24.4. The van der Waals surface area contributed by atoms with Gasteiger partial charge in [0.15, 0.2) is 23.0 Å². The minimum atomic E-state index is -0.400. The molecule has 2 aromatic carbocycles. The van der Waals surface area contributed by atoms with E-state index in [1.165, 1.54) is 39.7 Å². The number of hydrogen-bond acceptors (Lipinski definition) is 8. The first-order valence-corrected chi connectivity index (χ1v) is 10.7. The molecule has 2 rings (SSSR count). The summed E-state index contributed by atoms with van der Waals surface area (Å²) in [6.45, 7) is 2.28. The molecule has 0 aliphatic carbocycles. The van der Waals surface area contributed by atoms with Crippen molar-refractivity contribution in [3.63, 3.8) is 0 Å². The predicted octanol–water partition coefficient (Wildman–Crippen LogP) is 2.85. The molecule has 0 unspecified atom stereocenters. The van der Waals surface area contributed by atoms with Gasteiger partial charge in [-0.2, -0.15) is 5.10 Å². The standard InChI is InChI=1S/C22H26BrN3O7/c1-5-33-16-9-13(8-15(23)20(16)28)12-25-26-19(27)6-7-24-22(29)14-10-17(30-2)21(32-4)18(11-14)31-3/h8-12,28H,5-7H2,1-4H3,(H,24,29)(H,26,27)/b25-12+. The number of ether oxygens (including phenoxy) is 4. The normalized spacial score (nSPS) is 10.6. The Morgan fingerprint density at radius 3 is 2.30 bits per heavy atom. The van der Waals surface area contributed by atoms with Gasteiger partial charge in [-0.25, -0.2) is 5.43 Å². The van der Waals surface area contributed by atoms with E-state index in [2.05, 4.69) is 31.8 Å². The first kappa shape index (κ1) is 25.8. The van der Waals surface area contributed by atoms with E-state index in [-0.39, 0.29) is 24.6 Å². The number of nitrogens with zero attached hydrogens (tertiary/aromatic N) is 1. The fourth-order valence-electron chi connectivity index (χ4n) is 2.77. The summed E-state index contributed by atoms with van der Waals surface area (Å²) < 4.78 is 21.5. The van der Waals surface area contributed by atoms with Gasteiger partial charge < -0.3 is 29.4 Å². The molecule has 0 saturated heterocycles. The van der Waals surface area contributed by atoms with Crippen LogP contribution in [0.4, 0.5) is 0 Å². The van der Waals surface area contributed by atoms with Gasteiger partial charge >= 0.3 is 0 Å². The van der Waals surface area contributed by atoms with Gasteiger partial charge in [0.25, 0.3) is 5.91 Å². The van der Waals surface area contributed by atoms with Gasteiger partial charge in [0.1, 0.15) is 0 Å². The van der Waals surface area contributed by atoms with Gasteiger partial charge in [-0.3, -0.25) is 9.59 Å². The Kier molecular flexibility index (Phi) is 9.80. The van der Waals surface area contributed by atoms with E-state index in [0.29, 0.717) is 45.2 Å². The molecule has 2 amide bonds. The number of hydrazone groups is 1. The van der Waals surface area contributed by atoms with E-state index in [1.807, 2.05) is 0 Å². The van der Waals surface area contributed by atoms with Crippen LogP contribution < -0.4 is 29.7 Å². The van der Waals surface area contributed by atoms with Crippen LogP contribution in [0, 0.1) is 0 Å². The molecule has 0 aromatic heterocycles. The summed E-state index contributed by atoms with van der Waals surface area (Å²) in [5.74, 6) is 0.574. The average Bonchev–Trinajstić information content (AvgIpc) is 2.81. The van der Waals surface area contributed by atoms with E-state index in [4.69, 9.17) is 18.9 Å². The van der Waals surface area contributed by atoms with Gasteiger partial charge in [-0.15, -0.1) is 0 Å². The van der Waals surface area contributed by atoms with Crippen LogP contribution in [0.15, 0.2) is 33.8 Å². The molecule has 0 radical (unpaired) electrons. The molecule has 0 atom stereocenters. The maximum Gasteiger partial charge on any atom is 0.251 e. The fourth-order valence-corrected chi connectivity index (χ4v) is 3.23. The number of hydrogen-bond donors (Lipinski definition) is 3. The lowest BCUT2D eigenvalue weighted by atomic mass is 10.1. The van der Waals surface area contributed by atoms with Crippen LogP contribution in [-0.4, -0.2) is 57.6 Å². The van der Waals surface area contributed by atoms with Crippen LogP contribution in [-0.2, 0) is 4.79 Å². The maximum absolute atomic E-state index is 12.4. The molecule has 0 aliphatic heterocycles. The van der Waals surface area contributed by atoms with E-state index < -0.39 is 5.91 Å². The van der Waals surface area contributed by atoms with Crippen molar-refractivity contribution in [3.05, 3.63) is 39.9 Å². The first-order chi connectivity index (χ1) is 15.8. The van der Waals surface area contributed by atoms with E-state index in [0.717, 1.165) is 0 Å². The van der Waals surface area contributed by atoms with Gasteiger partial charge in [-0.1, -0.05) is 0 Å². The van der Waals surface area contributed by atoms with Gasteiger partial charge in [0.2, 0.25) is 11.7 Å². The summed E-state index contributed by atoms with van der Waals surface area (Å²) in [4.78, 5) is 24.5. The Labute approximate surface area is 200 Å². The fraction of sp³-hybridized carbons (Fsp3) is 0.318. The van der Waals surface area contributed by atoms with Crippen molar-refractivity contribution < 1.29 is 33.6 Å². The smallest absolute Gasteiger partial charge is 0.251 e. The van der Waals surface area contributed by atoms with Crippen LogP contribution in [0.2, 0.25) is 0 Å². The molecule has 11 heteroatoms. The van der Waals surface area contributed by atoms with Gasteiger partial charge in [0, 0.05) is 18.5 Å². The average molecular weight is 524 g/mol. The van der Waals surface area contributed by atoms with Gasteiger partial charge in [-0.05, 0) is 52.7 Å². The van der Waals surface area contributed by atoms with Crippen molar-refractivity contribution in [2.75, 3.05) is 34.5 Å². The largest absolute Gasteiger partial charge is 0.503 e. The quantitative estimate of drug-likeness (QED) is 0.305. The number of phenolic OH excluding ortho intramolecular Hbond substituents is 1. The number of nitrogens with one attached hydrogen (secondary N) is 2. The Morgan fingerprint density at radius 2 is 1.73 bits per heavy atom. The molecule has 0 spiro atoms. The molecular weight excluding hydrogens is 498 g/mol. The monoisotopic (exact) mass is 523 g/mol. The molecule has 2 aromatic rings. The summed E-state index contributed by atoms with van der Waals surface area (Å²) in [5, 5.41) is 16.5. The van der Waals surface area contributed by atoms with Crippen molar-refractivity contribution >= 4 is 34.0 Å². The molecule has 0 saturated carbocycles. The van der Waals surface area contributed by atoms with Crippen LogP contribution >= 0.6 is 15.9 Å². The Morgan fingerprint density at radius 1 is 1.06 bits per heavy atom. The lowest BCUT2D eigenvalue weighted by Crippen LogP contribution is -2.29. The second-order valence-corrected chi connectivity index (χ2v) is 7.35. The third kappa shape index (κ3) is 7.01. The van der Waals surface area contributed by atoms with Crippen molar-refractivity contribution in [3.8, 4) is 28.7 Å². The Balaban J connectivity index is 1.90. The third-order valence-electron chi connectivity index (χ3n) is 4.32. The number of aromatic hydroxyl groups is 1. The zero-order valence-electron chi connectivity index (χ0n) is 18.7. The molecule has 10 nitrogen and oxygen atoms in total. The van der Waals surface area contributed by atoms with Crippen molar-refractivity contribution in [1.82, 2.24) is 10.7 Å². The maximum atomic E-state index is 12.4. The first-order valence-electron chi connectivity index (χ1n) is 9.89. The van der Waals surface area contributed by atoms with Crippen molar-refractivity contribution in [2.45, 2.75) is 13.3 Å². The molecule has 0 aliphatic rings. The minimum Gasteiger partial charge on any atom is -0.503 e. The molecule has 3 N–H and O–H groups in total. The summed E-state index contributed by atoms with van der Waals surface area (Å²) >= 11 is 3.24. The number of benzene rings is 2. The van der Waals surface area contributed by atoms with Crippen LogP contribution in [0.5, 0.6) is 28.7 Å². The third-order valence-corrected chi connectivity index (χ3v) is 4.92. The Hall–Kier alpha value is -3.47. The van der Waals surface area contributed by atoms with Crippen LogP contribution in [0.1, 0.15) is 29.3 Å². The number of amides is 2. The lowest BCUT2D eigenvalue weighted by Gasteiger charge is -2.14. The van der Waals surface area contributed by atoms with Crippen LogP contribution in [0.3, 0.4) is 0 Å². The summed E-state index contributed by atoms with van der Waals surface area (Å²) in [6, 6.07) is 6.27. The van der Waals surface area contributed by atoms with E-state index in [9.17, 15) is 14.7 Å². The number of halogens is 1. The molecule has 0 heterocycles. The topological polar surface area (TPSA) is 128 Å². The number of methoxy groups -OCH3 is 3. The van der Waals surface area contributed by atoms with Crippen molar-refractivity contribution in [2.24, 2.45) is 5.10 Å². The molecule has 0 fully saturated rings. The summed E-state index contributed by atoms with van der Waals surface area (Å²) in [7, 11) is 4.39. The molecule has 0 bridgehead atoms. The van der Waals surface area contributed by atoms with Crippen molar-refractivity contribution in [1.29, 1.82) is 0 Å². The molecule has 178 valence electrons.